The molecule has 0 saturated carbocycles. The normalized spacial score (nSPS) is 11.6. The van der Waals surface area contributed by atoms with Crippen molar-refractivity contribution in [1.29, 1.82) is 0 Å². The first-order valence-electron chi connectivity index (χ1n) is 7.98. The predicted molar refractivity (Wildman–Crippen MR) is 90.2 cm³/mol. The van der Waals surface area contributed by atoms with Gasteiger partial charge in [-0.2, -0.15) is 0 Å². The third kappa shape index (κ3) is 6.52. The Labute approximate surface area is 128 Å². The van der Waals surface area contributed by atoms with Crippen LogP contribution in [-0.2, 0) is 0 Å². The van der Waals surface area contributed by atoms with Gasteiger partial charge < -0.3 is 15.8 Å². The van der Waals surface area contributed by atoms with Crippen LogP contribution in [0.15, 0.2) is 29.4 Å². The minimum atomic E-state index is 0.149. The van der Waals surface area contributed by atoms with E-state index in [2.05, 4.69) is 24.0 Å². The first-order chi connectivity index (χ1) is 10.2. The molecule has 0 saturated heterocycles. The van der Waals surface area contributed by atoms with Crippen LogP contribution in [0.5, 0.6) is 0 Å². The molecule has 1 aromatic carbocycles. The van der Waals surface area contributed by atoms with Crippen molar-refractivity contribution >= 4 is 11.5 Å². The SMILES string of the molecule is CCCCCCCCCN(C)c1ccc(C(N)=NO)cc1. The van der Waals surface area contributed by atoms with Crippen LogP contribution in [0, 0.1) is 0 Å². The van der Waals surface area contributed by atoms with Gasteiger partial charge in [0.15, 0.2) is 5.84 Å². The second kappa shape index (κ2) is 10.1. The zero-order valence-corrected chi connectivity index (χ0v) is 13.4. The molecule has 3 N–H and O–H groups in total. The number of nitrogens with two attached hydrogens (primary N) is 1. The van der Waals surface area contributed by atoms with E-state index in [1.807, 2.05) is 24.3 Å². The number of benzene rings is 1. The summed E-state index contributed by atoms with van der Waals surface area (Å²) in [5.74, 6) is 0.149. The smallest absolute Gasteiger partial charge is 0.170 e. The molecule has 0 radical (unpaired) electrons. The number of hydrogen-bond donors (Lipinski definition) is 2. The number of rotatable bonds is 10. The van der Waals surface area contributed by atoms with Gasteiger partial charge in [0.25, 0.3) is 0 Å². The van der Waals surface area contributed by atoms with Crippen LogP contribution in [0.1, 0.15) is 57.4 Å². The highest BCUT2D eigenvalue weighted by atomic mass is 16.4. The number of hydrogen-bond acceptors (Lipinski definition) is 3. The number of amidine groups is 1. The summed E-state index contributed by atoms with van der Waals surface area (Å²) in [6.45, 7) is 3.32. The maximum Gasteiger partial charge on any atom is 0.170 e. The molecule has 118 valence electrons. The van der Waals surface area contributed by atoms with E-state index in [1.54, 1.807) is 0 Å². The van der Waals surface area contributed by atoms with Crippen molar-refractivity contribution in [3.8, 4) is 0 Å². The molecule has 0 heterocycles. The quantitative estimate of drug-likeness (QED) is 0.225. The summed E-state index contributed by atoms with van der Waals surface area (Å²) in [5.41, 5.74) is 7.46. The van der Waals surface area contributed by atoms with Crippen molar-refractivity contribution in [2.24, 2.45) is 10.9 Å². The van der Waals surface area contributed by atoms with Crippen molar-refractivity contribution in [1.82, 2.24) is 0 Å². The molecule has 4 heteroatoms. The first-order valence-corrected chi connectivity index (χ1v) is 7.98. The van der Waals surface area contributed by atoms with Crippen molar-refractivity contribution in [2.75, 3.05) is 18.5 Å². The van der Waals surface area contributed by atoms with Gasteiger partial charge in [-0.05, 0) is 30.7 Å². The molecule has 0 fully saturated rings. The summed E-state index contributed by atoms with van der Waals surface area (Å²) < 4.78 is 0. The van der Waals surface area contributed by atoms with Gasteiger partial charge in [-0.15, -0.1) is 0 Å². The zero-order valence-electron chi connectivity index (χ0n) is 13.4. The van der Waals surface area contributed by atoms with E-state index in [0.29, 0.717) is 0 Å². The van der Waals surface area contributed by atoms with Crippen molar-refractivity contribution in [3.63, 3.8) is 0 Å². The molecule has 0 aliphatic heterocycles. The summed E-state index contributed by atoms with van der Waals surface area (Å²) in [6, 6.07) is 7.78. The molecule has 0 aromatic heterocycles. The van der Waals surface area contributed by atoms with E-state index >= 15 is 0 Å². The van der Waals surface area contributed by atoms with Crippen LogP contribution in [0.3, 0.4) is 0 Å². The molecule has 21 heavy (non-hydrogen) atoms. The predicted octanol–water partition coefficient (Wildman–Crippen LogP) is 3.97. The Bertz CT molecular complexity index is 415. The van der Waals surface area contributed by atoms with Crippen molar-refractivity contribution in [2.45, 2.75) is 51.9 Å². The molecule has 1 aromatic rings. The molecule has 0 aliphatic carbocycles. The highest BCUT2D eigenvalue weighted by molar-refractivity contribution is 5.97. The van der Waals surface area contributed by atoms with Gasteiger partial charge >= 0.3 is 0 Å². The Kier molecular flexibility index (Phi) is 8.32. The van der Waals surface area contributed by atoms with Gasteiger partial charge in [0.05, 0.1) is 0 Å². The molecule has 0 atom stereocenters. The fourth-order valence-electron chi connectivity index (χ4n) is 2.38. The van der Waals surface area contributed by atoms with E-state index < -0.39 is 0 Å². The minimum absolute atomic E-state index is 0.149. The largest absolute Gasteiger partial charge is 0.409 e. The van der Waals surface area contributed by atoms with E-state index in [-0.39, 0.29) is 5.84 Å². The van der Waals surface area contributed by atoms with Crippen LogP contribution in [0.4, 0.5) is 5.69 Å². The summed E-state index contributed by atoms with van der Waals surface area (Å²) in [6.07, 6.45) is 9.29. The molecule has 0 bridgehead atoms. The molecule has 1 rings (SSSR count). The van der Waals surface area contributed by atoms with Crippen LogP contribution in [0.25, 0.3) is 0 Å². The van der Waals surface area contributed by atoms with E-state index in [4.69, 9.17) is 10.9 Å². The lowest BCUT2D eigenvalue weighted by Gasteiger charge is -2.19. The Balaban J connectivity index is 2.27. The summed E-state index contributed by atoms with van der Waals surface area (Å²) >= 11 is 0. The van der Waals surface area contributed by atoms with Gasteiger partial charge in [-0.3, -0.25) is 0 Å². The minimum Gasteiger partial charge on any atom is -0.409 e. The van der Waals surface area contributed by atoms with Crippen LogP contribution >= 0.6 is 0 Å². The molecular weight excluding hydrogens is 262 g/mol. The Morgan fingerprint density at radius 3 is 2.19 bits per heavy atom. The van der Waals surface area contributed by atoms with E-state index in [9.17, 15) is 0 Å². The second-order valence-electron chi connectivity index (χ2n) is 5.57. The van der Waals surface area contributed by atoms with Crippen LogP contribution < -0.4 is 10.6 Å². The molecular formula is C17H29N3O. The molecule has 0 spiro atoms. The Hall–Kier alpha value is -1.71. The maximum absolute atomic E-state index is 8.64. The number of nitrogens with zero attached hydrogens (tertiary/aromatic N) is 2. The Morgan fingerprint density at radius 2 is 1.62 bits per heavy atom. The lowest BCUT2D eigenvalue weighted by atomic mass is 10.1. The average Bonchev–Trinajstić information content (AvgIpc) is 2.53. The second-order valence-corrected chi connectivity index (χ2v) is 5.57. The first kappa shape index (κ1) is 17.3. The fraction of sp³-hybridized carbons (Fsp3) is 0.588. The standard InChI is InChI=1S/C17H29N3O/c1-3-4-5-6-7-8-9-14-20(2)16-12-10-15(11-13-16)17(18)19-21/h10-13,21H,3-9,14H2,1-2H3,(H2,18,19). The van der Waals surface area contributed by atoms with E-state index in [1.165, 1.54) is 44.9 Å². The summed E-state index contributed by atoms with van der Waals surface area (Å²) in [7, 11) is 2.11. The molecule has 0 amide bonds. The van der Waals surface area contributed by atoms with Gasteiger partial charge in [0, 0.05) is 24.8 Å². The summed E-state index contributed by atoms with van der Waals surface area (Å²) in [5, 5.41) is 11.6. The number of unbranched alkanes of at least 4 members (excludes halogenated alkanes) is 6. The topological polar surface area (TPSA) is 61.8 Å². The average molecular weight is 291 g/mol. The lowest BCUT2D eigenvalue weighted by Crippen LogP contribution is -2.19. The fourth-order valence-corrected chi connectivity index (χ4v) is 2.38. The Morgan fingerprint density at radius 1 is 1.05 bits per heavy atom. The number of oxime groups is 1. The molecule has 0 unspecified atom stereocenters. The van der Waals surface area contributed by atoms with Crippen LogP contribution in [0.2, 0.25) is 0 Å². The van der Waals surface area contributed by atoms with Gasteiger partial charge in [-0.25, -0.2) is 0 Å². The van der Waals surface area contributed by atoms with Gasteiger partial charge in [-0.1, -0.05) is 50.6 Å². The third-order valence-electron chi connectivity index (χ3n) is 3.81. The highest BCUT2D eigenvalue weighted by Gasteiger charge is 2.03. The van der Waals surface area contributed by atoms with Gasteiger partial charge in [0.1, 0.15) is 0 Å². The van der Waals surface area contributed by atoms with E-state index in [0.717, 1.165) is 17.8 Å². The van der Waals surface area contributed by atoms with Crippen molar-refractivity contribution in [3.05, 3.63) is 29.8 Å². The zero-order chi connectivity index (χ0) is 15.5. The summed E-state index contributed by atoms with van der Waals surface area (Å²) in [4.78, 5) is 2.25. The monoisotopic (exact) mass is 291 g/mol. The third-order valence-corrected chi connectivity index (χ3v) is 3.81. The van der Waals surface area contributed by atoms with Gasteiger partial charge in [0.2, 0.25) is 0 Å². The molecule has 4 nitrogen and oxygen atoms in total. The molecule has 0 aliphatic rings. The lowest BCUT2D eigenvalue weighted by molar-refractivity contribution is 0.318. The number of anilines is 1. The van der Waals surface area contributed by atoms with Crippen molar-refractivity contribution < 1.29 is 5.21 Å². The highest BCUT2D eigenvalue weighted by Crippen LogP contribution is 2.15. The maximum atomic E-state index is 8.64. The van der Waals surface area contributed by atoms with Crippen LogP contribution in [-0.4, -0.2) is 24.6 Å².